The lowest BCUT2D eigenvalue weighted by atomic mass is 9.87. The first-order chi connectivity index (χ1) is 6.83. The zero-order valence-corrected chi connectivity index (χ0v) is 9.22. The molecule has 0 aromatic heterocycles. The highest BCUT2D eigenvalue weighted by atomic mass is 19.1. The highest BCUT2D eigenvalue weighted by Crippen LogP contribution is 2.30. The summed E-state index contributed by atoms with van der Waals surface area (Å²) in [5.74, 6) is -0.889. The molecule has 0 amide bonds. The summed E-state index contributed by atoms with van der Waals surface area (Å²) in [6.07, 6.45) is 0.396. The van der Waals surface area contributed by atoms with Crippen LogP contribution < -0.4 is 0 Å². The van der Waals surface area contributed by atoms with Crippen LogP contribution in [-0.2, 0) is 5.60 Å². The van der Waals surface area contributed by atoms with E-state index in [1.165, 1.54) is 6.92 Å². The summed E-state index contributed by atoms with van der Waals surface area (Å²) in [6.45, 7) is 5.35. The van der Waals surface area contributed by atoms with Crippen molar-refractivity contribution >= 4 is 0 Å². The molecule has 0 saturated carbocycles. The van der Waals surface area contributed by atoms with Crippen molar-refractivity contribution in [2.45, 2.75) is 32.8 Å². The number of aliphatic hydroxyl groups is 1. The van der Waals surface area contributed by atoms with E-state index in [2.05, 4.69) is 0 Å². The standard InChI is InChI=1S/C12H16F2O/c1-8(2)7-12(3,15)10-6-9(13)4-5-11(10)14/h4-6,8,15H,7H2,1-3H3. The van der Waals surface area contributed by atoms with E-state index >= 15 is 0 Å². The lowest BCUT2D eigenvalue weighted by Gasteiger charge is -2.26. The minimum absolute atomic E-state index is 0.0243. The molecule has 1 nitrogen and oxygen atoms in total. The third-order valence-electron chi connectivity index (χ3n) is 2.31. The predicted molar refractivity (Wildman–Crippen MR) is 55.4 cm³/mol. The van der Waals surface area contributed by atoms with Crippen molar-refractivity contribution in [2.24, 2.45) is 5.92 Å². The first-order valence-corrected chi connectivity index (χ1v) is 5.01. The van der Waals surface area contributed by atoms with Gasteiger partial charge in [0.15, 0.2) is 0 Å². The Morgan fingerprint density at radius 3 is 2.47 bits per heavy atom. The van der Waals surface area contributed by atoms with Crippen LogP contribution in [0.2, 0.25) is 0 Å². The van der Waals surface area contributed by atoms with Gasteiger partial charge in [0.05, 0.1) is 5.60 Å². The van der Waals surface area contributed by atoms with Crippen LogP contribution in [0.1, 0.15) is 32.8 Å². The van der Waals surface area contributed by atoms with Crippen molar-refractivity contribution in [3.63, 3.8) is 0 Å². The van der Waals surface area contributed by atoms with Crippen molar-refractivity contribution in [2.75, 3.05) is 0 Å². The van der Waals surface area contributed by atoms with Crippen LogP contribution in [0, 0.1) is 17.6 Å². The third-order valence-corrected chi connectivity index (χ3v) is 2.31. The zero-order valence-electron chi connectivity index (χ0n) is 9.22. The molecule has 1 rings (SSSR count). The van der Waals surface area contributed by atoms with Crippen LogP contribution in [0.5, 0.6) is 0 Å². The molecule has 0 aliphatic rings. The average molecular weight is 214 g/mol. The number of hydrogen-bond donors (Lipinski definition) is 1. The van der Waals surface area contributed by atoms with Gasteiger partial charge in [-0.05, 0) is 37.5 Å². The highest BCUT2D eigenvalue weighted by molar-refractivity contribution is 5.24. The van der Waals surface area contributed by atoms with Crippen molar-refractivity contribution in [3.8, 4) is 0 Å². The fourth-order valence-corrected chi connectivity index (χ4v) is 1.82. The molecule has 84 valence electrons. The lowest BCUT2D eigenvalue weighted by molar-refractivity contribution is 0.0311. The van der Waals surface area contributed by atoms with Crippen molar-refractivity contribution in [1.29, 1.82) is 0 Å². The molecule has 0 heterocycles. The summed E-state index contributed by atoms with van der Waals surface area (Å²) in [7, 11) is 0. The second-order valence-electron chi connectivity index (χ2n) is 4.50. The smallest absolute Gasteiger partial charge is 0.129 e. The van der Waals surface area contributed by atoms with Gasteiger partial charge in [0.25, 0.3) is 0 Å². The van der Waals surface area contributed by atoms with Crippen LogP contribution in [0.15, 0.2) is 18.2 Å². The molecule has 0 saturated heterocycles. The molecule has 0 aliphatic carbocycles. The van der Waals surface area contributed by atoms with Crippen LogP contribution >= 0.6 is 0 Å². The molecule has 1 aromatic carbocycles. The maximum atomic E-state index is 13.4. The molecule has 0 spiro atoms. The van der Waals surface area contributed by atoms with Crippen LogP contribution in [0.4, 0.5) is 8.78 Å². The van der Waals surface area contributed by atoms with E-state index in [9.17, 15) is 13.9 Å². The van der Waals surface area contributed by atoms with E-state index in [0.717, 1.165) is 18.2 Å². The predicted octanol–water partition coefficient (Wildman–Crippen LogP) is 3.22. The van der Waals surface area contributed by atoms with Gasteiger partial charge in [0, 0.05) is 5.56 Å². The summed E-state index contributed by atoms with van der Waals surface area (Å²) >= 11 is 0. The Bertz CT molecular complexity index is 345. The summed E-state index contributed by atoms with van der Waals surface area (Å²) in [5.41, 5.74) is -1.29. The van der Waals surface area contributed by atoms with E-state index in [-0.39, 0.29) is 11.5 Å². The van der Waals surface area contributed by atoms with Gasteiger partial charge in [0.2, 0.25) is 0 Å². The van der Waals surface area contributed by atoms with Crippen molar-refractivity contribution < 1.29 is 13.9 Å². The second-order valence-corrected chi connectivity index (χ2v) is 4.50. The van der Waals surface area contributed by atoms with Crippen LogP contribution in [0.3, 0.4) is 0 Å². The molecule has 1 unspecified atom stereocenters. The normalized spacial score (nSPS) is 15.4. The van der Waals surface area contributed by atoms with Gasteiger partial charge in [-0.25, -0.2) is 8.78 Å². The first kappa shape index (κ1) is 12.1. The molecular weight excluding hydrogens is 198 g/mol. The molecule has 1 N–H and O–H groups in total. The number of benzene rings is 1. The van der Waals surface area contributed by atoms with Crippen LogP contribution in [-0.4, -0.2) is 5.11 Å². The Hall–Kier alpha value is -0.960. The zero-order chi connectivity index (χ0) is 11.6. The SMILES string of the molecule is CC(C)CC(C)(O)c1cc(F)ccc1F. The molecule has 0 bridgehead atoms. The molecule has 1 atom stereocenters. The van der Waals surface area contributed by atoms with Gasteiger partial charge < -0.3 is 5.11 Å². The molecule has 0 fully saturated rings. The van der Waals surface area contributed by atoms with E-state index in [4.69, 9.17) is 0 Å². The molecule has 0 radical (unpaired) electrons. The van der Waals surface area contributed by atoms with E-state index in [1.54, 1.807) is 0 Å². The maximum absolute atomic E-state index is 13.4. The number of hydrogen-bond acceptors (Lipinski definition) is 1. The number of halogens is 2. The third kappa shape index (κ3) is 2.99. The average Bonchev–Trinajstić information content (AvgIpc) is 2.06. The van der Waals surface area contributed by atoms with Gasteiger partial charge in [-0.1, -0.05) is 13.8 Å². The fraction of sp³-hybridized carbons (Fsp3) is 0.500. The topological polar surface area (TPSA) is 20.2 Å². The summed E-state index contributed by atoms with van der Waals surface area (Å²) in [5, 5.41) is 10.1. The molecule has 0 aliphatic heterocycles. The first-order valence-electron chi connectivity index (χ1n) is 5.01. The quantitative estimate of drug-likeness (QED) is 0.819. The minimum Gasteiger partial charge on any atom is -0.385 e. The Morgan fingerprint density at radius 1 is 1.33 bits per heavy atom. The fourth-order valence-electron chi connectivity index (χ4n) is 1.82. The molecular formula is C12H16F2O. The van der Waals surface area contributed by atoms with E-state index in [1.807, 2.05) is 13.8 Å². The largest absolute Gasteiger partial charge is 0.385 e. The Balaban J connectivity index is 3.08. The van der Waals surface area contributed by atoms with Gasteiger partial charge in [-0.15, -0.1) is 0 Å². The highest BCUT2D eigenvalue weighted by Gasteiger charge is 2.27. The van der Waals surface area contributed by atoms with E-state index < -0.39 is 17.2 Å². The van der Waals surface area contributed by atoms with E-state index in [0.29, 0.717) is 6.42 Å². The monoisotopic (exact) mass is 214 g/mol. The second kappa shape index (κ2) is 4.27. The maximum Gasteiger partial charge on any atom is 0.129 e. The van der Waals surface area contributed by atoms with Crippen LogP contribution in [0.25, 0.3) is 0 Å². The Morgan fingerprint density at radius 2 is 1.93 bits per heavy atom. The molecule has 15 heavy (non-hydrogen) atoms. The minimum atomic E-state index is -1.32. The molecule has 3 heteroatoms. The summed E-state index contributed by atoms with van der Waals surface area (Å²) in [4.78, 5) is 0. The summed E-state index contributed by atoms with van der Waals surface area (Å²) < 4.78 is 26.3. The van der Waals surface area contributed by atoms with Crippen molar-refractivity contribution in [3.05, 3.63) is 35.4 Å². The lowest BCUT2D eigenvalue weighted by Crippen LogP contribution is -2.25. The molecule has 1 aromatic rings. The van der Waals surface area contributed by atoms with Gasteiger partial charge in [-0.3, -0.25) is 0 Å². The summed E-state index contributed by atoms with van der Waals surface area (Å²) in [6, 6.07) is 3.14. The van der Waals surface area contributed by atoms with Gasteiger partial charge >= 0.3 is 0 Å². The van der Waals surface area contributed by atoms with Gasteiger partial charge in [-0.2, -0.15) is 0 Å². The van der Waals surface area contributed by atoms with Gasteiger partial charge in [0.1, 0.15) is 11.6 Å². The number of rotatable bonds is 3. The Labute approximate surface area is 88.7 Å². The Kier molecular flexibility index (Phi) is 3.45. The van der Waals surface area contributed by atoms with Crippen molar-refractivity contribution in [1.82, 2.24) is 0 Å².